The number of ether oxygens (including phenoxy) is 1. The summed E-state index contributed by atoms with van der Waals surface area (Å²) in [6, 6.07) is 7.88. The van der Waals surface area contributed by atoms with Gasteiger partial charge in [-0.15, -0.1) is 0 Å². The van der Waals surface area contributed by atoms with Gasteiger partial charge in [-0.05, 0) is 104 Å². The van der Waals surface area contributed by atoms with Crippen LogP contribution in [0, 0.1) is 34.5 Å². The molecular formula is C29H38O3. The van der Waals surface area contributed by atoms with Gasteiger partial charge in [0.25, 0.3) is 0 Å². The van der Waals surface area contributed by atoms with Gasteiger partial charge in [-0.3, -0.25) is 4.79 Å². The lowest BCUT2D eigenvalue weighted by molar-refractivity contribution is -0.124. The van der Waals surface area contributed by atoms with Crippen molar-refractivity contribution < 1.29 is 14.6 Å². The number of methoxy groups -OCH3 is 1. The molecule has 1 N–H and O–H groups in total. The largest absolute Gasteiger partial charge is 0.497 e. The van der Waals surface area contributed by atoms with Crippen molar-refractivity contribution in [3.05, 3.63) is 47.6 Å². The third kappa shape index (κ3) is 3.48. The van der Waals surface area contributed by atoms with Crippen molar-refractivity contribution in [2.45, 2.75) is 71.3 Å². The van der Waals surface area contributed by atoms with E-state index < -0.39 is 0 Å². The molecule has 0 saturated heterocycles. The number of hydrogen-bond donors (Lipinski definition) is 1. The van der Waals surface area contributed by atoms with Crippen molar-refractivity contribution in [1.82, 2.24) is 0 Å². The van der Waals surface area contributed by atoms with Crippen LogP contribution < -0.4 is 4.74 Å². The highest BCUT2D eigenvalue weighted by Crippen LogP contribution is 2.66. The lowest BCUT2D eigenvalue weighted by Gasteiger charge is -2.57. The second-order valence-corrected chi connectivity index (χ2v) is 11.3. The number of carbonyl (C=O) groups is 1. The first-order valence-electron chi connectivity index (χ1n) is 12.6. The summed E-state index contributed by atoms with van der Waals surface area (Å²) in [5, 5.41) is 10.2. The topological polar surface area (TPSA) is 46.5 Å². The van der Waals surface area contributed by atoms with Gasteiger partial charge in [-0.1, -0.05) is 43.7 Å². The standard InChI is InChI=1S/C29H38O3/c1-28-16-14-21(30)18-20(28)7-10-23-24-11-12-26(29(24,2)17-15-25(23)28)27(31)13-6-19-4-8-22(32-3)9-5-19/h4-9,13,21,23-26,30H,10-12,14-18H2,1-3H3/t21-,23-,24-,25-,26+,28-,29-/m0/s1. The highest BCUT2D eigenvalue weighted by molar-refractivity contribution is 5.96. The predicted octanol–water partition coefficient (Wildman–Crippen LogP) is 6.22. The van der Waals surface area contributed by atoms with Gasteiger partial charge < -0.3 is 9.84 Å². The van der Waals surface area contributed by atoms with Crippen molar-refractivity contribution >= 4 is 11.9 Å². The molecule has 3 nitrogen and oxygen atoms in total. The van der Waals surface area contributed by atoms with Gasteiger partial charge in [0.2, 0.25) is 0 Å². The van der Waals surface area contributed by atoms with Crippen molar-refractivity contribution in [1.29, 1.82) is 0 Å². The molecule has 0 radical (unpaired) electrons. The Hall–Kier alpha value is -1.87. The van der Waals surface area contributed by atoms with Crippen molar-refractivity contribution in [3.63, 3.8) is 0 Å². The maximum Gasteiger partial charge on any atom is 0.159 e. The molecule has 0 spiro atoms. The van der Waals surface area contributed by atoms with E-state index in [2.05, 4.69) is 19.9 Å². The van der Waals surface area contributed by atoms with Gasteiger partial charge in [0, 0.05) is 5.92 Å². The lowest BCUT2D eigenvalue weighted by atomic mass is 9.47. The van der Waals surface area contributed by atoms with Crippen LogP contribution >= 0.6 is 0 Å². The zero-order valence-corrected chi connectivity index (χ0v) is 19.8. The summed E-state index contributed by atoms with van der Waals surface area (Å²) in [6.07, 6.45) is 14.8. The summed E-state index contributed by atoms with van der Waals surface area (Å²) in [4.78, 5) is 13.3. The molecule has 4 aliphatic carbocycles. The van der Waals surface area contributed by atoms with E-state index in [1.54, 1.807) is 7.11 Å². The Morgan fingerprint density at radius 2 is 1.84 bits per heavy atom. The van der Waals surface area contributed by atoms with E-state index in [9.17, 15) is 9.90 Å². The monoisotopic (exact) mass is 434 g/mol. The molecule has 3 fully saturated rings. The quantitative estimate of drug-likeness (QED) is 0.452. The minimum Gasteiger partial charge on any atom is -0.497 e. The molecular weight excluding hydrogens is 396 g/mol. The van der Waals surface area contributed by atoms with Crippen LogP contribution in [0.4, 0.5) is 0 Å². The molecule has 0 unspecified atom stereocenters. The maximum atomic E-state index is 13.3. The molecule has 172 valence electrons. The van der Waals surface area contributed by atoms with E-state index >= 15 is 0 Å². The Morgan fingerprint density at radius 1 is 1.06 bits per heavy atom. The summed E-state index contributed by atoms with van der Waals surface area (Å²) < 4.78 is 5.23. The van der Waals surface area contributed by atoms with Crippen LogP contribution in [0.5, 0.6) is 5.75 Å². The zero-order chi connectivity index (χ0) is 22.5. The second-order valence-electron chi connectivity index (χ2n) is 11.3. The first kappa shape index (κ1) is 21.9. The molecule has 3 saturated carbocycles. The fourth-order valence-electron chi connectivity index (χ4n) is 8.12. The Kier molecular flexibility index (Phi) is 5.60. The van der Waals surface area contributed by atoms with Crippen LogP contribution in [0.25, 0.3) is 6.08 Å². The second kappa shape index (κ2) is 8.17. The number of fused-ring (bicyclic) bond motifs is 5. The fourth-order valence-corrected chi connectivity index (χ4v) is 8.12. The average molecular weight is 435 g/mol. The van der Waals surface area contributed by atoms with Gasteiger partial charge in [-0.2, -0.15) is 0 Å². The molecule has 1 aromatic rings. The van der Waals surface area contributed by atoms with Gasteiger partial charge >= 0.3 is 0 Å². The smallest absolute Gasteiger partial charge is 0.159 e. The Morgan fingerprint density at radius 3 is 2.59 bits per heavy atom. The zero-order valence-electron chi connectivity index (χ0n) is 19.8. The molecule has 1 aromatic carbocycles. The van der Waals surface area contributed by atoms with Crippen LogP contribution in [-0.2, 0) is 4.79 Å². The number of allylic oxidation sites excluding steroid dienone is 2. The number of aliphatic hydroxyl groups excluding tert-OH is 1. The SMILES string of the molecule is COc1ccc(C=CC(=O)[C@H]2CC[C@H]3[C@@H]4CC=C5C[C@@H](O)CC[C@]5(C)[C@H]4CC[C@]23C)cc1. The summed E-state index contributed by atoms with van der Waals surface area (Å²) in [5.41, 5.74) is 2.95. The Balaban J connectivity index is 1.33. The number of aliphatic hydroxyl groups is 1. The summed E-state index contributed by atoms with van der Waals surface area (Å²) >= 11 is 0. The van der Waals surface area contributed by atoms with Gasteiger partial charge in [-0.25, -0.2) is 0 Å². The number of rotatable bonds is 4. The van der Waals surface area contributed by atoms with E-state index in [1.165, 1.54) is 18.4 Å². The van der Waals surface area contributed by atoms with Gasteiger partial charge in [0.1, 0.15) is 5.75 Å². The highest BCUT2D eigenvalue weighted by Gasteiger charge is 2.59. The minimum atomic E-state index is -0.147. The lowest BCUT2D eigenvalue weighted by Crippen LogP contribution is -2.50. The fraction of sp³-hybridized carbons (Fsp3) is 0.621. The molecule has 7 atom stereocenters. The van der Waals surface area contributed by atoms with Crippen LogP contribution in [0.3, 0.4) is 0 Å². The number of carbonyl (C=O) groups excluding carboxylic acids is 1. The molecule has 0 aliphatic heterocycles. The summed E-state index contributed by atoms with van der Waals surface area (Å²) in [7, 11) is 1.67. The number of benzene rings is 1. The number of hydrogen-bond acceptors (Lipinski definition) is 3. The van der Waals surface area contributed by atoms with Crippen molar-refractivity contribution in [3.8, 4) is 5.75 Å². The average Bonchev–Trinajstić information content (AvgIpc) is 3.15. The molecule has 0 heterocycles. The van der Waals surface area contributed by atoms with Crippen LogP contribution in [0.2, 0.25) is 0 Å². The third-order valence-corrected chi connectivity index (χ3v) is 9.98. The first-order valence-corrected chi connectivity index (χ1v) is 12.6. The molecule has 3 heteroatoms. The summed E-state index contributed by atoms with van der Waals surface area (Å²) in [5.74, 6) is 3.35. The van der Waals surface area contributed by atoms with Crippen LogP contribution in [0.1, 0.15) is 70.8 Å². The third-order valence-electron chi connectivity index (χ3n) is 9.98. The molecule has 4 aliphatic rings. The Bertz CT molecular complexity index is 928. The summed E-state index contributed by atoms with van der Waals surface area (Å²) in [6.45, 7) is 4.89. The Labute approximate surface area is 192 Å². The van der Waals surface area contributed by atoms with E-state index in [4.69, 9.17) is 4.74 Å². The normalized spacial score (nSPS) is 40.9. The molecule has 0 bridgehead atoms. The van der Waals surface area contributed by atoms with E-state index in [0.717, 1.165) is 55.8 Å². The van der Waals surface area contributed by atoms with E-state index in [-0.39, 0.29) is 22.9 Å². The highest BCUT2D eigenvalue weighted by atomic mass is 16.5. The molecule has 0 amide bonds. The molecule has 32 heavy (non-hydrogen) atoms. The van der Waals surface area contributed by atoms with Gasteiger partial charge in [0.05, 0.1) is 13.2 Å². The minimum absolute atomic E-state index is 0.123. The van der Waals surface area contributed by atoms with E-state index in [0.29, 0.717) is 17.6 Å². The number of ketones is 1. The predicted molar refractivity (Wildman–Crippen MR) is 128 cm³/mol. The van der Waals surface area contributed by atoms with Crippen LogP contribution in [0.15, 0.2) is 42.0 Å². The van der Waals surface area contributed by atoms with Crippen molar-refractivity contribution in [2.75, 3.05) is 7.11 Å². The molecule has 0 aromatic heterocycles. The van der Waals surface area contributed by atoms with Crippen molar-refractivity contribution in [2.24, 2.45) is 34.5 Å². The molecule has 5 rings (SSSR count). The first-order chi connectivity index (χ1) is 15.3. The maximum absolute atomic E-state index is 13.3. The van der Waals surface area contributed by atoms with Gasteiger partial charge in [0.15, 0.2) is 5.78 Å². The van der Waals surface area contributed by atoms with E-state index in [1.807, 2.05) is 36.4 Å². The van der Waals surface area contributed by atoms with Crippen LogP contribution in [-0.4, -0.2) is 24.1 Å².